The molecule has 0 spiro atoms. The Labute approximate surface area is 135 Å². The largest absolute Gasteiger partial charge is 0.372 e. The summed E-state index contributed by atoms with van der Waals surface area (Å²) >= 11 is 0. The zero-order valence-corrected chi connectivity index (χ0v) is 14.6. The average Bonchev–Trinajstić information content (AvgIpc) is 3.17. The highest BCUT2D eigenvalue weighted by atomic mass is 31.0. The smallest absolute Gasteiger partial charge is 0.0731 e. The van der Waals surface area contributed by atoms with Gasteiger partial charge in [0.15, 0.2) is 0 Å². The fourth-order valence-corrected chi connectivity index (χ4v) is 5.10. The van der Waals surface area contributed by atoms with Crippen molar-refractivity contribution in [3.63, 3.8) is 0 Å². The second-order valence-electron chi connectivity index (χ2n) is 6.56. The van der Waals surface area contributed by atoms with Gasteiger partial charge < -0.3 is 4.74 Å². The Bertz CT molecular complexity index is 645. The number of hydrogen-bond acceptors (Lipinski definition) is 1. The number of ether oxygens (including phenoxy) is 1. The molecule has 1 aromatic rings. The van der Waals surface area contributed by atoms with Crippen molar-refractivity contribution in [1.29, 1.82) is 0 Å². The molecule has 22 heavy (non-hydrogen) atoms. The normalized spacial score (nSPS) is 17.8. The van der Waals surface area contributed by atoms with Crippen molar-refractivity contribution in [2.45, 2.75) is 46.3 Å². The molecule has 1 nitrogen and oxygen atoms in total. The Hall–Kier alpha value is -1.30. The lowest BCUT2D eigenvalue weighted by atomic mass is 10.0. The van der Waals surface area contributed by atoms with Crippen LogP contribution >= 0.6 is 8.19 Å². The zero-order chi connectivity index (χ0) is 15.5. The van der Waals surface area contributed by atoms with E-state index in [0.29, 0.717) is 5.92 Å². The van der Waals surface area contributed by atoms with Gasteiger partial charge in [0.2, 0.25) is 0 Å². The summed E-state index contributed by atoms with van der Waals surface area (Å²) in [5.74, 6) is 0.598. The first-order valence-electron chi connectivity index (χ1n) is 8.07. The van der Waals surface area contributed by atoms with E-state index in [1.54, 1.807) is 10.6 Å². The minimum atomic E-state index is 0.598. The second-order valence-corrected chi connectivity index (χ2v) is 8.02. The van der Waals surface area contributed by atoms with Gasteiger partial charge in [0.1, 0.15) is 0 Å². The van der Waals surface area contributed by atoms with E-state index in [9.17, 15) is 0 Å². The lowest BCUT2D eigenvalue weighted by molar-refractivity contribution is 0.134. The first-order chi connectivity index (χ1) is 10.6. The highest BCUT2D eigenvalue weighted by molar-refractivity contribution is 7.32. The molecule has 1 aliphatic heterocycles. The predicted molar refractivity (Wildman–Crippen MR) is 96.8 cm³/mol. The van der Waals surface area contributed by atoms with Crippen LogP contribution < -0.4 is 0 Å². The Morgan fingerprint density at radius 1 is 1.18 bits per heavy atom. The van der Waals surface area contributed by atoms with E-state index in [2.05, 4.69) is 50.8 Å². The molecule has 1 atom stereocenters. The molecule has 116 valence electrons. The number of hydrogen-bond donors (Lipinski definition) is 0. The van der Waals surface area contributed by atoms with E-state index in [-0.39, 0.29) is 0 Å². The van der Waals surface area contributed by atoms with Gasteiger partial charge in [-0.1, -0.05) is 48.1 Å². The maximum Gasteiger partial charge on any atom is 0.0731 e. The Morgan fingerprint density at radius 3 is 2.45 bits per heavy atom. The molecule has 2 aliphatic rings. The molecular weight excluding hydrogens is 287 g/mol. The van der Waals surface area contributed by atoms with Crippen molar-refractivity contribution in [2.75, 3.05) is 0 Å². The van der Waals surface area contributed by atoms with E-state index >= 15 is 0 Å². The summed E-state index contributed by atoms with van der Waals surface area (Å²) < 4.78 is 5.70. The van der Waals surface area contributed by atoms with Gasteiger partial charge in [0.05, 0.1) is 13.2 Å². The van der Waals surface area contributed by atoms with Crippen molar-refractivity contribution >= 4 is 8.19 Å². The zero-order valence-electron chi connectivity index (χ0n) is 13.6. The second kappa shape index (κ2) is 6.86. The molecule has 0 N–H and O–H groups in total. The fraction of sp³-hybridized carbons (Fsp3) is 0.400. The Balaban J connectivity index is 1.71. The molecule has 0 fully saturated rings. The molecule has 0 saturated heterocycles. The van der Waals surface area contributed by atoms with Crippen LogP contribution in [0.5, 0.6) is 0 Å². The SMILES string of the molecule is C=C(C)Cc1[pH]c(C/C(C)=C/CC2C=CC=C2)c2c1COC2. The molecule has 3 rings (SSSR count). The molecule has 2 heterocycles. The molecular formula is C20H25OP. The van der Waals surface area contributed by atoms with Crippen LogP contribution in [0.15, 0.2) is 48.1 Å². The summed E-state index contributed by atoms with van der Waals surface area (Å²) in [4.78, 5) is 0. The molecule has 1 unspecified atom stereocenters. The van der Waals surface area contributed by atoms with Crippen molar-refractivity contribution in [3.05, 3.63) is 69.8 Å². The predicted octanol–water partition coefficient (Wildman–Crippen LogP) is 5.49. The summed E-state index contributed by atoms with van der Waals surface area (Å²) in [6.07, 6.45) is 14.5. The van der Waals surface area contributed by atoms with E-state index in [1.807, 2.05) is 0 Å². The van der Waals surface area contributed by atoms with Crippen LogP contribution in [0.3, 0.4) is 0 Å². The van der Waals surface area contributed by atoms with Gasteiger partial charge in [-0.15, -0.1) is 8.19 Å². The average molecular weight is 312 g/mol. The summed E-state index contributed by atoms with van der Waals surface area (Å²) in [6, 6.07) is 0. The number of allylic oxidation sites excluding steroid dienone is 7. The van der Waals surface area contributed by atoms with E-state index in [1.165, 1.54) is 22.3 Å². The van der Waals surface area contributed by atoms with Crippen LogP contribution in [0.2, 0.25) is 0 Å². The summed E-state index contributed by atoms with van der Waals surface area (Å²) in [7, 11) is 0.857. The van der Waals surface area contributed by atoms with E-state index in [4.69, 9.17) is 4.74 Å². The maximum absolute atomic E-state index is 5.70. The lowest BCUT2D eigenvalue weighted by Crippen LogP contribution is -1.91. The standard InChI is InChI=1S/C20H25OP/c1-14(2)10-19-17-12-21-13-18(17)20(22-19)11-15(3)8-9-16-6-4-5-7-16/h4-8,16,22H,1,9-13H2,2-3H3/b15-8+. The van der Waals surface area contributed by atoms with Crippen molar-refractivity contribution in [2.24, 2.45) is 5.92 Å². The molecule has 0 aromatic carbocycles. The third kappa shape index (κ3) is 3.54. The fourth-order valence-electron chi connectivity index (χ4n) is 3.23. The monoisotopic (exact) mass is 312 g/mol. The first-order valence-corrected chi connectivity index (χ1v) is 9.07. The third-order valence-electron chi connectivity index (χ3n) is 4.39. The molecule has 0 radical (unpaired) electrons. The third-order valence-corrected chi connectivity index (χ3v) is 5.95. The van der Waals surface area contributed by atoms with Gasteiger partial charge in [0, 0.05) is 0 Å². The topological polar surface area (TPSA) is 9.23 Å². The van der Waals surface area contributed by atoms with Crippen LogP contribution in [-0.2, 0) is 30.8 Å². The maximum atomic E-state index is 5.70. The Morgan fingerprint density at radius 2 is 1.82 bits per heavy atom. The summed E-state index contributed by atoms with van der Waals surface area (Å²) in [6.45, 7) is 10.1. The van der Waals surface area contributed by atoms with Crippen LogP contribution in [0.4, 0.5) is 0 Å². The lowest BCUT2D eigenvalue weighted by Gasteiger charge is -2.05. The minimum Gasteiger partial charge on any atom is -0.372 e. The molecule has 2 heteroatoms. The van der Waals surface area contributed by atoms with Gasteiger partial charge in [-0.3, -0.25) is 0 Å². The number of rotatable bonds is 6. The van der Waals surface area contributed by atoms with Crippen LogP contribution in [0, 0.1) is 5.92 Å². The van der Waals surface area contributed by atoms with Gasteiger partial charge in [-0.05, 0) is 60.7 Å². The molecule has 1 aliphatic carbocycles. The van der Waals surface area contributed by atoms with Gasteiger partial charge >= 0.3 is 0 Å². The minimum absolute atomic E-state index is 0.598. The Kier molecular flexibility index (Phi) is 4.86. The van der Waals surface area contributed by atoms with Crippen molar-refractivity contribution in [3.8, 4) is 0 Å². The van der Waals surface area contributed by atoms with Crippen LogP contribution in [-0.4, -0.2) is 0 Å². The molecule has 1 aromatic heterocycles. The number of fused-ring (bicyclic) bond motifs is 1. The van der Waals surface area contributed by atoms with E-state index < -0.39 is 0 Å². The van der Waals surface area contributed by atoms with Crippen LogP contribution in [0.25, 0.3) is 0 Å². The highest BCUT2D eigenvalue weighted by Gasteiger charge is 2.21. The van der Waals surface area contributed by atoms with Gasteiger partial charge in [0.25, 0.3) is 0 Å². The van der Waals surface area contributed by atoms with Gasteiger partial charge in [-0.25, -0.2) is 0 Å². The summed E-state index contributed by atoms with van der Waals surface area (Å²) in [5.41, 5.74) is 5.75. The molecule has 0 bridgehead atoms. The van der Waals surface area contributed by atoms with Gasteiger partial charge in [-0.2, -0.15) is 0 Å². The van der Waals surface area contributed by atoms with Crippen molar-refractivity contribution in [1.82, 2.24) is 0 Å². The quantitative estimate of drug-likeness (QED) is 0.631. The van der Waals surface area contributed by atoms with Crippen LogP contribution in [0.1, 0.15) is 42.0 Å². The highest BCUT2D eigenvalue weighted by Crippen LogP contribution is 2.40. The molecule has 0 saturated carbocycles. The van der Waals surface area contributed by atoms with E-state index in [0.717, 1.165) is 40.7 Å². The molecule has 0 amide bonds. The van der Waals surface area contributed by atoms with Crippen molar-refractivity contribution < 1.29 is 4.74 Å². The summed E-state index contributed by atoms with van der Waals surface area (Å²) in [5, 5.41) is 3.18. The first kappa shape index (κ1) is 15.6.